The van der Waals surface area contributed by atoms with Crippen LogP contribution in [0.1, 0.15) is 43.7 Å². The lowest BCUT2D eigenvalue weighted by atomic mass is 10.0. The Morgan fingerprint density at radius 2 is 2.00 bits per heavy atom. The Morgan fingerprint density at radius 1 is 1.28 bits per heavy atom. The lowest BCUT2D eigenvalue weighted by Crippen LogP contribution is -2.06. The summed E-state index contributed by atoms with van der Waals surface area (Å²) in [5.41, 5.74) is 7.94. The molecule has 0 unspecified atom stereocenters. The monoisotopic (exact) mass is 245 g/mol. The van der Waals surface area contributed by atoms with Gasteiger partial charge in [0.05, 0.1) is 0 Å². The summed E-state index contributed by atoms with van der Waals surface area (Å²) in [6, 6.07) is 3.84. The molecule has 0 saturated heterocycles. The number of furan rings is 1. The molecular formula is C14H19N3O. The van der Waals surface area contributed by atoms with E-state index in [1.807, 2.05) is 26.0 Å². The SMILES string of the molecule is CCc1ccc(-c2nc(C)c(C(C)C)c(N)n2)o1. The van der Waals surface area contributed by atoms with Crippen molar-refractivity contribution >= 4 is 5.82 Å². The highest BCUT2D eigenvalue weighted by molar-refractivity contribution is 5.54. The van der Waals surface area contributed by atoms with Gasteiger partial charge in [-0.25, -0.2) is 9.97 Å². The summed E-state index contributed by atoms with van der Waals surface area (Å²) in [7, 11) is 0. The van der Waals surface area contributed by atoms with Gasteiger partial charge in [0.2, 0.25) is 0 Å². The number of nitrogen functional groups attached to an aromatic ring is 1. The summed E-state index contributed by atoms with van der Waals surface area (Å²) < 4.78 is 5.65. The van der Waals surface area contributed by atoms with Crippen molar-refractivity contribution in [2.45, 2.75) is 40.0 Å². The molecule has 0 bridgehead atoms. The molecule has 4 heteroatoms. The van der Waals surface area contributed by atoms with E-state index in [-0.39, 0.29) is 0 Å². The fourth-order valence-corrected chi connectivity index (χ4v) is 2.12. The number of hydrogen-bond acceptors (Lipinski definition) is 4. The van der Waals surface area contributed by atoms with Crippen LogP contribution in [0.25, 0.3) is 11.6 Å². The van der Waals surface area contributed by atoms with E-state index < -0.39 is 0 Å². The van der Waals surface area contributed by atoms with E-state index in [1.54, 1.807) is 0 Å². The smallest absolute Gasteiger partial charge is 0.197 e. The minimum atomic E-state index is 0.321. The van der Waals surface area contributed by atoms with Gasteiger partial charge in [0, 0.05) is 17.7 Å². The predicted molar refractivity (Wildman–Crippen MR) is 72.4 cm³/mol. The first-order valence-electron chi connectivity index (χ1n) is 6.26. The number of anilines is 1. The average Bonchev–Trinajstić information content (AvgIpc) is 2.75. The molecular weight excluding hydrogens is 226 g/mol. The zero-order valence-electron chi connectivity index (χ0n) is 11.3. The predicted octanol–water partition coefficient (Wildman–Crippen LogP) is 3.31. The van der Waals surface area contributed by atoms with Crippen molar-refractivity contribution in [1.29, 1.82) is 0 Å². The molecule has 0 saturated carbocycles. The van der Waals surface area contributed by atoms with Gasteiger partial charge in [0.15, 0.2) is 11.6 Å². The molecule has 2 rings (SSSR count). The van der Waals surface area contributed by atoms with Crippen molar-refractivity contribution in [1.82, 2.24) is 9.97 Å². The number of rotatable bonds is 3. The van der Waals surface area contributed by atoms with Crippen LogP contribution in [0.15, 0.2) is 16.5 Å². The molecule has 96 valence electrons. The molecule has 0 atom stereocenters. The lowest BCUT2D eigenvalue weighted by molar-refractivity contribution is 0.525. The standard InChI is InChI=1S/C14H19N3O/c1-5-10-6-7-11(18-10)14-16-9(4)12(8(2)3)13(15)17-14/h6-8H,5H2,1-4H3,(H2,15,16,17). The second-order valence-electron chi connectivity index (χ2n) is 4.71. The van der Waals surface area contributed by atoms with E-state index in [9.17, 15) is 0 Å². The number of hydrogen-bond donors (Lipinski definition) is 1. The van der Waals surface area contributed by atoms with Gasteiger partial charge in [0.25, 0.3) is 0 Å². The van der Waals surface area contributed by atoms with Crippen LogP contribution in [0.3, 0.4) is 0 Å². The Kier molecular flexibility index (Phi) is 3.36. The molecule has 0 spiro atoms. The molecule has 18 heavy (non-hydrogen) atoms. The van der Waals surface area contributed by atoms with Gasteiger partial charge in [-0.15, -0.1) is 0 Å². The molecule has 0 fully saturated rings. The third-order valence-electron chi connectivity index (χ3n) is 2.97. The molecule has 0 amide bonds. The van der Waals surface area contributed by atoms with Gasteiger partial charge in [-0.2, -0.15) is 0 Å². The first-order valence-corrected chi connectivity index (χ1v) is 6.26. The van der Waals surface area contributed by atoms with Crippen LogP contribution in [0.2, 0.25) is 0 Å². The van der Waals surface area contributed by atoms with Crippen molar-refractivity contribution in [2.24, 2.45) is 0 Å². The summed E-state index contributed by atoms with van der Waals surface area (Å²) in [6.45, 7) is 8.18. The quantitative estimate of drug-likeness (QED) is 0.901. The highest BCUT2D eigenvalue weighted by Gasteiger charge is 2.15. The number of aryl methyl sites for hydroxylation is 2. The normalized spacial score (nSPS) is 11.2. The molecule has 2 aromatic heterocycles. The second kappa shape index (κ2) is 4.80. The largest absolute Gasteiger partial charge is 0.458 e. The van der Waals surface area contributed by atoms with E-state index in [1.165, 1.54) is 0 Å². The molecule has 4 nitrogen and oxygen atoms in total. The van der Waals surface area contributed by atoms with E-state index in [0.717, 1.165) is 23.4 Å². The minimum Gasteiger partial charge on any atom is -0.458 e. The van der Waals surface area contributed by atoms with E-state index in [0.29, 0.717) is 23.3 Å². The number of nitrogens with two attached hydrogens (primary N) is 1. The van der Waals surface area contributed by atoms with Crippen molar-refractivity contribution in [3.63, 3.8) is 0 Å². The third kappa shape index (κ3) is 2.23. The van der Waals surface area contributed by atoms with Gasteiger partial charge in [-0.05, 0) is 25.0 Å². The first-order chi connectivity index (χ1) is 8.52. The van der Waals surface area contributed by atoms with Crippen LogP contribution < -0.4 is 5.73 Å². The lowest BCUT2D eigenvalue weighted by Gasteiger charge is -2.12. The van der Waals surface area contributed by atoms with Gasteiger partial charge in [-0.1, -0.05) is 20.8 Å². The van der Waals surface area contributed by atoms with Crippen LogP contribution in [-0.4, -0.2) is 9.97 Å². The van der Waals surface area contributed by atoms with Crippen LogP contribution in [0, 0.1) is 6.92 Å². The molecule has 0 aliphatic carbocycles. The Balaban J connectivity index is 2.47. The number of aromatic nitrogens is 2. The van der Waals surface area contributed by atoms with E-state index in [4.69, 9.17) is 10.2 Å². The Labute approximate surface area is 107 Å². The Morgan fingerprint density at radius 3 is 2.50 bits per heavy atom. The second-order valence-corrected chi connectivity index (χ2v) is 4.71. The Bertz CT molecular complexity index is 535. The van der Waals surface area contributed by atoms with Crippen LogP contribution in [0.4, 0.5) is 5.82 Å². The average molecular weight is 245 g/mol. The van der Waals surface area contributed by atoms with Gasteiger partial charge < -0.3 is 10.2 Å². The molecule has 0 aromatic carbocycles. The fourth-order valence-electron chi connectivity index (χ4n) is 2.12. The fraction of sp³-hybridized carbons (Fsp3) is 0.429. The third-order valence-corrected chi connectivity index (χ3v) is 2.97. The topological polar surface area (TPSA) is 64.9 Å². The zero-order valence-corrected chi connectivity index (χ0v) is 11.3. The van der Waals surface area contributed by atoms with Crippen LogP contribution in [0.5, 0.6) is 0 Å². The summed E-state index contributed by atoms with van der Waals surface area (Å²) in [4.78, 5) is 8.83. The molecule has 0 aliphatic heterocycles. The van der Waals surface area contributed by atoms with Gasteiger partial charge in [-0.3, -0.25) is 0 Å². The minimum absolute atomic E-state index is 0.321. The van der Waals surface area contributed by atoms with Crippen LogP contribution >= 0.6 is 0 Å². The maximum absolute atomic E-state index is 6.01. The highest BCUT2D eigenvalue weighted by atomic mass is 16.3. The zero-order chi connectivity index (χ0) is 13.3. The summed E-state index contributed by atoms with van der Waals surface area (Å²) in [5, 5.41) is 0. The van der Waals surface area contributed by atoms with Crippen molar-refractivity contribution in [2.75, 3.05) is 5.73 Å². The summed E-state index contributed by atoms with van der Waals surface area (Å²) in [5.74, 6) is 3.03. The van der Waals surface area contributed by atoms with Gasteiger partial charge >= 0.3 is 0 Å². The maximum atomic E-state index is 6.01. The molecule has 2 N–H and O–H groups in total. The molecule has 0 aliphatic rings. The number of nitrogens with zero attached hydrogens (tertiary/aromatic N) is 2. The van der Waals surface area contributed by atoms with E-state index >= 15 is 0 Å². The van der Waals surface area contributed by atoms with E-state index in [2.05, 4.69) is 23.8 Å². The summed E-state index contributed by atoms with van der Waals surface area (Å²) in [6.07, 6.45) is 0.860. The van der Waals surface area contributed by atoms with Crippen molar-refractivity contribution in [3.05, 3.63) is 29.2 Å². The first kappa shape index (κ1) is 12.6. The summed E-state index contributed by atoms with van der Waals surface area (Å²) >= 11 is 0. The van der Waals surface area contributed by atoms with Crippen molar-refractivity contribution < 1.29 is 4.42 Å². The highest BCUT2D eigenvalue weighted by Crippen LogP contribution is 2.27. The molecule has 2 heterocycles. The van der Waals surface area contributed by atoms with Gasteiger partial charge in [0.1, 0.15) is 11.6 Å². The molecule has 2 aromatic rings. The van der Waals surface area contributed by atoms with Crippen LogP contribution in [-0.2, 0) is 6.42 Å². The molecule has 0 radical (unpaired) electrons. The van der Waals surface area contributed by atoms with Crippen molar-refractivity contribution in [3.8, 4) is 11.6 Å². The Hall–Kier alpha value is -1.84. The maximum Gasteiger partial charge on any atom is 0.197 e.